The van der Waals surface area contributed by atoms with Gasteiger partial charge in [0.05, 0.1) is 16.2 Å². The molecule has 0 radical (unpaired) electrons. The molecule has 1 aliphatic heterocycles. The molecule has 0 saturated carbocycles. The number of carbonyl (C=O) groups excluding carboxylic acids is 1. The van der Waals surface area contributed by atoms with E-state index < -0.39 is 22.4 Å². The molecule has 100 valence electrons. The van der Waals surface area contributed by atoms with Gasteiger partial charge in [-0.3, -0.25) is 4.79 Å². The third-order valence-electron chi connectivity index (χ3n) is 2.66. The molecule has 1 unspecified atom stereocenters. The Kier molecular flexibility index (Phi) is 3.41. The van der Waals surface area contributed by atoms with Crippen LogP contribution in [-0.2, 0) is 10.0 Å². The number of hydrogen-bond donors (Lipinski definition) is 0. The summed E-state index contributed by atoms with van der Waals surface area (Å²) in [6, 6.07) is 1.24. The summed E-state index contributed by atoms with van der Waals surface area (Å²) in [4.78, 5) is 11.6. The van der Waals surface area contributed by atoms with Crippen molar-refractivity contribution in [3.8, 4) is 0 Å². The lowest BCUT2D eigenvalue weighted by Crippen LogP contribution is -2.33. The molecule has 1 saturated heterocycles. The van der Waals surface area contributed by atoms with Crippen LogP contribution in [0, 0.1) is 5.92 Å². The van der Waals surface area contributed by atoms with E-state index in [1.165, 1.54) is 11.4 Å². The molecule has 1 aromatic rings. The molecule has 1 aliphatic rings. The summed E-state index contributed by atoms with van der Waals surface area (Å²) >= 11 is 0.753. The average Bonchev–Trinajstić information content (AvgIpc) is 2.81. The zero-order valence-electron chi connectivity index (χ0n) is 9.47. The first-order valence-corrected chi connectivity index (χ1v) is 7.72. The van der Waals surface area contributed by atoms with E-state index >= 15 is 0 Å². The van der Waals surface area contributed by atoms with Crippen molar-refractivity contribution < 1.29 is 22.0 Å². The Morgan fingerprint density at radius 2 is 2.22 bits per heavy atom. The molecule has 0 N–H and O–H groups in total. The van der Waals surface area contributed by atoms with Gasteiger partial charge in [-0.1, -0.05) is 6.92 Å². The summed E-state index contributed by atoms with van der Waals surface area (Å²) in [6.45, 7) is 1.76. The summed E-state index contributed by atoms with van der Waals surface area (Å²) < 4.78 is 49.5. The summed E-state index contributed by atoms with van der Waals surface area (Å²) in [5, 5.41) is 1.36. The molecule has 1 atom stereocenters. The van der Waals surface area contributed by atoms with Gasteiger partial charge in [0.15, 0.2) is 0 Å². The zero-order chi connectivity index (χ0) is 13.5. The maximum absolute atomic E-state index is 12.7. The van der Waals surface area contributed by atoms with Gasteiger partial charge < -0.3 is 0 Å². The van der Waals surface area contributed by atoms with Gasteiger partial charge in [0.2, 0.25) is 10.0 Å². The monoisotopic (exact) mass is 295 g/mol. The minimum Gasteiger partial charge on any atom is -0.268 e. The Balaban J connectivity index is 2.35. The van der Waals surface area contributed by atoms with Gasteiger partial charge in [0.1, 0.15) is 0 Å². The Labute approximate surface area is 107 Å². The van der Waals surface area contributed by atoms with Crippen LogP contribution in [0.1, 0.15) is 28.6 Å². The molecular formula is C10H11F2NO3S2. The van der Waals surface area contributed by atoms with Crippen LogP contribution >= 0.6 is 11.3 Å². The molecule has 18 heavy (non-hydrogen) atoms. The summed E-state index contributed by atoms with van der Waals surface area (Å²) in [7, 11) is -3.66. The van der Waals surface area contributed by atoms with Crippen LogP contribution in [0.3, 0.4) is 0 Å². The Bertz CT molecular complexity index is 567. The third kappa shape index (κ3) is 2.26. The summed E-state index contributed by atoms with van der Waals surface area (Å²) in [6.07, 6.45) is -2.77. The standard InChI is InChI=1S/C10H11F2NO3S2/c1-6-4-13(18(15,16)5-6)10(14)7-2-3-17-8(7)9(11)12/h2-3,6,9H,4-5H2,1H3. The van der Waals surface area contributed by atoms with E-state index in [1.807, 2.05) is 0 Å². The summed E-state index contributed by atoms with van der Waals surface area (Å²) in [5.41, 5.74) is -0.215. The lowest BCUT2D eigenvalue weighted by Gasteiger charge is -2.15. The van der Waals surface area contributed by atoms with Gasteiger partial charge in [-0.2, -0.15) is 0 Å². The Morgan fingerprint density at radius 3 is 2.72 bits per heavy atom. The lowest BCUT2D eigenvalue weighted by molar-refractivity contribution is 0.0852. The number of carbonyl (C=O) groups is 1. The Hall–Kier alpha value is -1.02. The maximum atomic E-state index is 12.7. The fourth-order valence-corrected chi connectivity index (χ4v) is 4.48. The molecule has 2 rings (SSSR count). The van der Waals surface area contributed by atoms with Crippen molar-refractivity contribution in [2.24, 2.45) is 5.92 Å². The van der Waals surface area contributed by atoms with Crippen molar-refractivity contribution in [3.63, 3.8) is 0 Å². The number of thiophene rings is 1. The molecular weight excluding hydrogens is 284 g/mol. The lowest BCUT2D eigenvalue weighted by atomic mass is 10.2. The van der Waals surface area contributed by atoms with E-state index in [0.29, 0.717) is 4.31 Å². The molecule has 8 heteroatoms. The van der Waals surface area contributed by atoms with Crippen LogP contribution in [0.25, 0.3) is 0 Å². The molecule has 1 fully saturated rings. The van der Waals surface area contributed by atoms with Crippen molar-refractivity contribution in [1.82, 2.24) is 4.31 Å². The maximum Gasteiger partial charge on any atom is 0.273 e. The molecule has 1 aromatic heterocycles. The van der Waals surface area contributed by atoms with E-state index in [1.54, 1.807) is 6.92 Å². The van der Waals surface area contributed by atoms with Crippen LogP contribution in [0.5, 0.6) is 0 Å². The molecule has 4 nitrogen and oxygen atoms in total. The minimum atomic E-state index is -3.66. The number of halogens is 2. The predicted octanol–water partition coefficient (Wildman–Crippen LogP) is 2.11. The van der Waals surface area contributed by atoms with Gasteiger partial charge in [-0.15, -0.1) is 11.3 Å². The second kappa shape index (κ2) is 4.58. The van der Waals surface area contributed by atoms with Crippen molar-refractivity contribution >= 4 is 27.3 Å². The van der Waals surface area contributed by atoms with Gasteiger partial charge >= 0.3 is 0 Å². The second-order valence-electron chi connectivity index (χ2n) is 4.22. The number of sulfonamides is 1. The van der Waals surface area contributed by atoms with Crippen LogP contribution in [-0.4, -0.2) is 30.9 Å². The zero-order valence-corrected chi connectivity index (χ0v) is 11.1. The third-order valence-corrected chi connectivity index (χ3v) is 5.56. The highest BCUT2D eigenvalue weighted by Crippen LogP contribution is 2.31. The first-order chi connectivity index (χ1) is 8.33. The largest absolute Gasteiger partial charge is 0.273 e. The van der Waals surface area contributed by atoms with Gasteiger partial charge in [-0.25, -0.2) is 21.5 Å². The van der Waals surface area contributed by atoms with E-state index in [0.717, 1.165) is 11.3 Å². The van der Waals surface area contributed by atoms with Crippen LogP contribution in [0.15, 0.2) is 11.4 Å². The number of nitrogens with zero attached hydrogens (tertiary/aromatic N) is 1. The quantitative estimate of drug-likeness (QED) is 0.839. The second-order valence-corrected chi connectivity index (χ2v) is 7.10. The average molecular weight is 295 g/mol. The highest BCUT2D eigenvalue weighted by Gasteiger charge is 2.38. The van der Waals surface area contributed by atoms with E-state index in [2.05, 4.69) is 0 Å². The number of alkyl halides is 2. The van der Waals surface area contributed by atoms with Crippen LogP contribution in [0.2, 0.25) is 0 Å². The fraction of sp³-hybridized carbons (Fsp3) is 0.500. The molecule has 0 bridgehead atoms. The van der Waals surface area contributed by atoms with Gasteiger partial charge in [-0.05, 0) is 17.4 Å². The number of amides is 1. The number of hydrogen-bond acceptors (Lipinski definition) is 4. The molecule has 0 aromatic carbocycles. The minimum absolute atomic E-state index is 0.0552. The molecule has 0 spiro atoms. The highest BCUT2D eigenvalue weighted by molar-refractivity contribution is 7.89. The molecule has 1 amide bonds. The van der Waals surface area contributed by atoms with Crippen molar-refractivity contribution in [2.75, 3.05) is 12.3 Å². The number of rotatable bonds is 2. The smallest absolute Gasteiger partial charge is 0.268 e. The SMILES string of the molecule is CC1CN(C(=O)c2ccsc2C(F)F)S(=O)(=O)C1. The topological polar surface area (TPSA) is 54.5 Å². The first-order valence-electron chi connectivity index (χ1n) is 5.23. The van der Waals surface area contributed by atoms with Crippen molar-refractivity contribution in [1.29, 1.82) is 0 Å². The van der Waals surface area contributed by atoms with Crippen molar-refractivity contribution in [2.45, 2.75) is 13.3 Å². The fourth-order valence-electron chi connectivity index (χ4n) is 1.91. The van der Waals surface area contributed by atoms with Gasteiger partial charge in [0.25, 0.3) is 12.3 Å². The molecule has 2 heterocycles. The molecule has 0 aliphatic carbocycles. The van der Waals surface area contributed by atoms with Gasteiger partial charge in [0, 0.05) is 6.54 Å². The van der Waals surface area contributed by atoms with E-state index in [9.17, 15) is 22.0 Å². The Morgan fingerprint density at radius 1 is 1.56 bits per heavy atom. The highest BCUT2D eigenvalue weighted by atomic mass is 32.2. The first kappa shape index (κ1) is 13.4. The normalized spacial score (nSPS) is 22.7. The van der Waals surface area contributed by atoms with E-state index in [4.69, 9.17) is 0 Å². The summed E-state index contributed by atoms with van der Waals surface area (Å²) in [5.74, 6) is -1.14. The van der Waals surface area contributed by atoms with Crippen molar-refractivity contribution in [3.05, 3.63) is 21.9 Å². The van der Waals surface area contributed by atoms with E-state index in [-0.39, 0.29) is 28.7 Å². The predicted molar refractivity (Wildman–Crippen MR) is 63.3 cm³/mol. The van der Waals surface area contributed by atoms with Crippen LogP contribution < -0.4 is 0 Å². The van der Waals surface area contributed by atoms with Crippen LogP contribution in [0.4, 0.5) is 8.78 Å².